The second-order valence-corrected chi connectivity index (χ2v) is 7.77. The zero-order chi connectivity index (χ0) is 20.2. The van der Waals surface area contributed by atoms with Crippen molar-refractivity contribution >= 4 is 23.5 Å². The third-order valence-electron chi connectivity index (χ3n) is 6.01. The zero-order valence-electron chi connectivity index (χ0n) is 16.4. The van der Waals surface area contributed by atoms with Crippen LogP contribution in [-0.4, -0.2) is 77.7 Å². The van der Waals surface area contributed by atoms with E-state index in [1.807, 2.05) is 0 Å². The summed E-state index contributed by atoms with van der Waals surface area (Å²) >= 11 is 0. The molecule has 9 nitrogen and oxygen atoms in total. The van der Waals surface area contributed by atoms with Crippen molar-refractivity contribution in [1.29, 1.82) is 0 Å². The molecule has 0 saturated carbocycles. The first-order valence-corrected chi connectivity index (χ1v) is 9.52. The van der Waals surface area contributed by atoms with Crippen molar-refractivity contribution < 1.29 is 14.4 Å². The van der Waals surface area contributed by atoms with Crippen LogP contribution in [0, 0.1) is 13.8 Å². The molecule has 3 aliphatic heterocycles. The molecule has 1 aromatic carbocycles. The molecule has 3 atom stereocenters. The predicted octanol–water partition coefficient (Wildman–Crippen LogP) is -0.224. The van der Waals surface area contributed by atoms with E-state index in [-0.39, 0.29) is 12.2 Å². The molecule has 0 aliphatic carbocycles. The molecule has 3 heterocycles. The fourth-order valence-corrected chi connectivity index (χ4v) is 4.39. The third-order valence-corrected chi connectivity index (χ3v) is 6.01. The Hall–Kier alpha value is -2.65. The molecular formula is C19H26N6O3. The highest BCUT2D eigenvalue weighted by Gasteiger charge is 2.56. The summed E-state index contributed by atoms with van der Waals surface area (Å²) in [7, 11) is 1.65. The first-order valence-electron chi connectivity index (χ1n) is 9.52. The van der Waals surface area contributed by atoms with Gasteiger partial charge in [0.25, 0.3) is 5.91 Å². The summed E-state index contributed by atoms with van der Waals surface area (Å²) in [6.45, 7) is 5.35. The van der Waals surface area contributed by atoms with Gasteiger partial charge in [-0.2, -0.15) is 0 Å². The molecule has 0 aromatic heterocycles. The smallest absolute Gasteiger partial charge is 0.328 e. The van der Waals surface area contributed by atoms with Gasteiger partial charge < -0.3 is 15.5 Å². The van der Waals surface area contributed by atoms with Crippen LogP contribution in [0.4, 0.5) is 10.5 Å². The van der Waals surface area contributed by atoms with Gasteiger partial charge in [-0.1, -0.05) is 6.07 Å². The van der Waals surface area contributed by atoms with Crippen LogP contribution in [0.5, 0.6) is 0 Å². The van der Waals surface area contributed by atoms with Crippen LogP contribution in [0.15, 0.2) is 18.2 Å². The van der Waals surface area contributed by atoms with Gasteiger partial charge in [0.15, 0.2) is 0 Å². The number of nitrogens with one attached hydrogen (secondary N) is 1. The maximum atomic E-state index is 13.1. The van der Waals surface area contributed by atoms with E-state index < -0.39 is 30.7 Å². The number of amides is 4. The van der Waals surface area contributed by atoms with Crippen molar-refractivity contribution in [2.75, 3.05) is 31.6 Å². The number of rotatable bonds is 3. The SMILES string of the molecule is Cc1ccc(N2CCCN3C4C(=O)N(CC(N)=O)C(=O)N(C)C4NC23)cc1C. The lowest BCUT2D eigenvalue weighted by Crippen LogP contribution is -2.67. The lowest BCUT2D eigenvalue weighted by Gasteiger charge is -2.43. The zero-order valence-corrected chi connectivity index (χ0v) is 16.4. The maximum Gasteiger partial charge on any atom is 0.328 e. The number of carbonyl (C=O) groups excluding carboxylic acids is 3. The lowest BCUT2D eigenvalue weighted by molar-refractivity contribution is -0.141. The number of aryl methyl sites for hydroxylation is 2. The molecule has 0 spiro atoms. The van der Waals surface area contributed by atoms with Gasteiger partial charge in [-0.3, -0.25) is 24.7 Å². The van der Waals surface area contributed by atoms with Gasteiger partial charge >= 0.3 is 6.03 Å². The highest BCUT2D eigenvalue weighted by molar-refractivity contribution is 6.03. The summed E-state index contributed by atoms with van der Waals surface area (Å²) in [5, 5.41) is 3.46. The molecule has 28 heavy (non-hydrogen) atoms. The minimum atomic E-state index is -0.702. The Bertz CT molecular complexity index is 843. The largest absolute Gasteiger partial charge is 0.368 e. The molecule has 1 aromatic rings. The molecule has 9 heteroatoms. The Balaban J connectivity index is 1.66. The van der Waals surface area contributed by atoms with Crippen molar-refractivity contribution in [3.05, 3.63) is 29.3 Å². The van der Waals surface area contributed by atoms with E-state index in [2.05, 4.69) is 47.2 Å². The van der Waals surface area contributed by atoms with E-state index in [1.165, 1.54) is 16.0 Å². The number of likely N-dealkylation sites (N-methyl/N-ethyl adjacent to an activating group) is 1. The summed E-state index contributed by atoms with van der Waals surface area (Å²) < 4.78 is 0. The fraction of sp³-hybridized carbons (Fsp3) is 0.526. The van der Waals surface area contributed by atoms with Crippen LogP contribution in [0.2, 0.25) is 0 Å². The van der Waals surface area contributed by atoms with E-state index in [1.54, 1.807) is 7.05 Å². The van der Waals surface area contributed by atoms with Gasteiger partial charge in [0.2, 0.25) is 5.91 Å². The van der Waals surface area contributed by atoms with Crippen molar-refractivity contribution in [1.82, 2.24) is 20.0 Å². The van der Waals surface area contributed by atoms with E-state index in [0.717, 1.165) is 30.1 Å². The van der Waals surface area contributed by atoms with Crippen LogP contribution in [-0.2, 0) is 9.59 Å². The predicted molar refractivity (Wildman–Crippen MR) is 103 cm³/mol. The highest BCUT2D eigenvalue weighted by atomic mass is 16.2. The number of hydrogen-bond acceptors (Lipinski definition) is 6. The monoisotopic (exact) mass is 386 g/mol. The summed E-state index contributed by atoms with van der Waals surface area (Å²) in [6.07, 6.45) is 0.259. The van der Waals surface area contributed by atoms with Crippen molar-refractivity contribution in [2.45, 2.75) is 38.8 Å². The second-order valence-electron chi connectivity index (χ2n) is 7.77. The number of primary amides is 1. The highest BCUT2D eigenvalue weighted by Crippen LogP contribution is 2.33. The van der Waals surface area contributed by atoms with Gasteiger partial charge in [0, 0.05) is 25.8 Å². The first-order chi connectivity index (χ1) is 13.3. The number of hydrogen-bond donors (Lipinski definition) is 2. The summed E-state index contributed by atoms with van der Waals surface area (Å²) in [6, 6.07) is 5.29. The average Bonchev–Trinajstić information content (AvgIpc) is 3.05. The number of nitrogens with two attached hydrogens (primary N) is 1. The number of urea groups is 1. The molecule has 0 radical (unpaired) electrons. The summed E-state index contributed by atoms with van der Waals surface area (Å²) in [5.74, 6) is -1.07. The van der Waals surface area contributed by atoms with E-state index in [9.17, 15) is 14.4 Å². The van der Waals surface area contributed by atoms with Crippen molar-refractivity contribution in [3.63, 3.8) is 0 Å². The van der Waals surface area contributed by atoms with E-state index >= 15 is 0 Å². The van der Waals surface area contributed by atoms with Crippen molar-refractivity contribution in [2.24, 2.45) is 5.73 Å². The lowest BCUT2D eigenvalue weighted by atomic mass is 10.1. The Morgan fingerprint density at radius 1 is 1.21 bits per heavy atom. The Labute approximate surface area is 164 Å². The number of fused-ring (bicyclic) bond motifs is 3. The quantitative estimate of drug-likeness (QED) is 0.745. The van der Waals surface area contributed by atoms with Gasteiger partial charge in [-0.25, -0.2) is 4.79 Å². The minimum absolute atomic E-state index is 0.196. The van der Waals surface area contributed by atoms with Crippen LogP contribution in [0.25, 0.3) is 0 Å². The van der Waals surface area contributed by atoms with Crippen molar-refractivity contribution in [3.8, 4) is 0 Å². The maximum absolute atomic E-state index is 13.1. The molecular weight excluding hydrogens is 360 g/mol. The van der Waals surface area contributed by atoms with Crippen LogP contribution < -0.4 is 16.0 Å². The Kier molecular flexibility index (Phi) is 4.51. The van der Waals surface area contributed by atoms with Crippen LogP contribution in [0.1, 0.15) is 17.5 Å². The molecule has 150 valence electrons. The number of nitrogens with zero attached hydrogens (tertiary/aromatic N) is 4. The summed E-state index contributed by atoms with van der Waals surface area (Å²) in [4.78, 5) is 43.8. The normalized spacial score (nSPS) is 27.8. The minimum Gasteiger partial charge on any atom is -0.368 e. The van der Waals surface area contributed by atoms with Gasteiger partial charge in [0.1, 0.15) is 25.0 Å². The summed E-state index contributed by atoms with van der Waals surface area (Å²) in [5.41, 5.74) is 8.77. The molecule has 4 amide bonds. The number of carbonyl (C=O) groups is 3. The fourth-order valence-electron chi connectivity index (χ4n) is 4.39. The number of imide groups is 1. The van der Waals surface area contributed by atoms with Crippen LogP contribution in [0.3, 0.4) is 0 Å². The van der Waals surface area contributed by atoms with Gasteiger partial charge in [-0.15, -0.1) is 0 Å². The molecule has 3 fully saturated rings. The van der Waals surface area contributed by atoms with E-state index in [4.69, 9.17) is 5.73 Å². The van der Waals surface area contributed by atoms with Gasteiger partial charge in [0.05, 0.1) is 0 Å². The Morgan fingerprint density at radius 2 is 1.96 bits per heavy atom. The van der Waals surface area contributed by atoms with Gasteiger partial charge in [-0.05, 0) is 43.5 Å². The molecule has 3 N–H and O–H groups in total. The standard InChI is InChI=1S/C19H26N6O3/c1-11-5-6-13(9-12(11)2)23-7-4-8-24-15-16(21-18(23)24)22(3)19(28)25(17(15)27)10-14(20)26/h5-6,9,15-16,18,21H,4,7-8,10H2,1-3H3,(H2,20,26). The molecule has 0 bridgehead atoms. The number of anilines is 1. The average molecular weight is 386 g/mol. The third kappa shape index (κ3) is 2.82. The molecule has 3 saturated heterocycles. The number of benzene rings is 1. The molecule has 3 unspecified atom stereocenters. The van der Waals surface area contributed by atoms with Crippen LogP contribution >= 0.6 is 0 Å². The van der Waals surface area contributed by atoms with E-state index in [0.29, 0.717) is 0 Å². The molecule has 3 aliphatic rings. The topological polar surface area (TPSA) is 102 Å². The second kappa shape index (κ2) is 6.75. The molecule has 4 rings (SSSR count). The Morgan fingerprint density at radius 3 is 2.64 bits per heavy atom. The first kappa shape index (κ1) is 18.7.